The third-order valence-corrected chi connectivity index (χ3v) is 5.01. The fourth-order valence-electron chi connectivity index (χ4n) is 3.73. The number of tetrazole rings is 1. The van der Waals surface area contributed by atoms with E-state index in [1.807, 2.05) is 24.3 Å². The van der Waals surface area contributed by atoms with Crippen molar-refractivity contribution in [2.75, 3.05) is 5.32 Å². The second-order valence-corrected chi connectivity index (χ2v) is 6.59. The van der Waals surface area contributed by atoms with Crippen LogP contribution in [0.2, 0.25) is 0 Å². The van der Waals surface area contributed by atoms with Crippen LogP contribution >= 0.6 is 12.2 Å². The summed E-state index contributed by atoms with van der Waals surface area (Å²) in [5, 5.41) is 18.6. The van der Waals surface area contributed by atoms with Gasteiger partial charge in [0.15, 0.2) is 5.11 Å². The van der Waals surface area contributed by atoms with Gasteiger partial charge in [-0.25, -0.2) is 4.68 Å². The Kier molecular flexibility index (Phi) is 3.49. The highest BCUT2D eigenvalue weighted by Crippen LogP contribution is 2.44. The number of hydrogen-bond acceptors (Lipinski definition) is 4. The first-order valence-electron chi connectivity index (χ1n) is 7.69. The molecule has 2 N–H and O–H groups in total. The molecule has 2 aliphatic carbocycles. The van der Waals surface area contributed by atoms with Gasteiger partial charge < -0.3 is 10.6 Å². The first kappa shape index (κ1) is 13.6. The van der Waals surface area contributed by atoms with Crippen molar-refractivity contribution in [3.05, 3.63) is 30.6 Å². The summed E-state index contributed by atoms with van der Waals surface area (Å²) in [7, 11) is 0. The van der Waals surface area contributed by atoms with Crippen LogP contribution in [0, 0.1) is 11.8 Å². The van der Waals surface area contributed by atoms with Gasteiger partial charge in [0.1, 0.15) is 6.33 Å². The minimum atomic E-state index is 0.555. The van der Waals surface area contributed by atoms with Crippen LogP contribution in [0.25, 0.3) is 5.69 Å². The van der Waals surface area contributed by atoms with Gasteiger partial charge in [-0.05, 0) is 78.0 Å². The average Bonchev–Trinajstić information content (AvgIpc) is 3.25. The van der Waals surface area contributed by atoms with Crippen molar-refractivity contribution in [2.24, 2.45) is 11.8 Å². The van der Waals surface area contributed by atoms with Crippen LogP contribution in [0.1, 0.15) is 25.7 Å². The van der Waals surface area contributed by atoms with E-state index in [0.29, 0.717) is 11.2 Å². The van der Waals surface area contributed by atoms with E-state index in [4.69, 9.17) is 12.2 Å². The molecule has 7 heteroatoms. The lowest BCUT2D eigenvalue weighted by Crippen LogP contribution is -2.40. The molecule has 114 valence electrons. The molecule has 1 aromatic carbocycles. The van der Waals surface area contributed by atoms with Gasteiger partial charge in [-0.15, -0.1) is 5.10 Å². The van der Waals surface area contributed by atoms with E-state index in [-0.39, 0.29) is 0 Å². The lowest BCUT2D eigenvalue weighted by molar-refractivity contribution is 0.392. The van der Waals surface area contributed by atoms with Gasteiger partial charge in [-0.3, -0.25) is 0 Å². The molecule has 3 atom stereocenters. The summed E-state index contributed by atoms with van der Waals surface area (Å²) in [6, 6.07) is 8.43. The summed E-state index contributed by atoms with van der Waals surface area (Å²) in [5.41, 5.74) is 1.89. The highest BCUT2D eigenvalue weighted by atomic mass is 32.1. The Morgan fingerprint density at radius 1 is 1.18 bits per heavy atom. The van der Waals surface area contributed by atoms with E-state index in [1.54, 1.807) is 11.0 Å². The number of aromatic nitrogens is 4. The first-order valence-corrected chi connectivity index (χ1v) is 8.10. The van der Waals surface area contributed by atoms with Gasteiger partial charge in [-0.2, -0.15) is 0 Å². The van der Waals surface area contributed by atoms with Crippen LogP contribution in [0.3, 0.4) is 0 Å². The van der Waals surface area contributed by atoms with E-state index in [9.17, 15) is 0 Å². The molecule has 0 aliphatic heterocycles. The zero-order chi connectivity index (χ0) is 14.9. The third-order valence-electron chi connectivity index (χ3n) is 4.79. The number of thiocarbonyl (C=S) groups is 1. The predicted octanol–water partition coefficient (Wildman–Crippen LogP) is 2.14. The summed E-state index contributed by atoms with van der Waals surface area (Å²) >= 11 is 5.44. The number of anilines is 1. The van der Waals surface area contributed by atoms with Crippen molar-refractivity contribution in [3.63, 3.8) is 0 Å². The molecule has 0 radical (unpaired) electrons. The van der Waals surface area contributed by atoms with Crippen molar-refractivity contribution in [1.29, 1.82) is 0 Å². The Labute approximate surface area is 134 Å². The number of fused-ring (bicyclic) bond motifs is 2. The Morgan fingerprint density at radius 2 is 2.05 bits per heavy atom. The summed E-state index contributed by atoms with van der Waals surface area (Å²) in [5.74, 6) is 1.73. The Morgan fingerprint density at radius 3 is 2.68 bits per heavy atom. The third kappa shape index (κ3) is 2.68. The molecule has 2 aliphatic rings. The van der Waals surface area contributed by atoms with Gasteiger partial charge in [0.05, 0.1) is 5.69 Å². The SMILES string of the molecule is S=C(Nc1ccc(-n2cnnn2)cc1)N[C@H]1C[C@@H]2CC[C@H]1C2. The molecule has 2 bridgehead atoms. The highest BCUT2D eigenvalue weighted by Gasteiger charge is 2.39. The minimum Gasteiger partial charge on any atom is -0.359 e. The molecule has 22 heavy (non-hydrogen) atoms. The van der Waals surface area contributed by atoms with Crippen molar-refractivity contribution in [3.8, 4) is 5.69 Å². The molecular weight excluding hydrogens is 296 g/mol. The normalized spacial score (nSPS) is 26.1. The van der Waals surface area contributed by atoms with Crippen molar-refractivity contribution in [2.45, 2.75) is 31.7 Å². The second-order valence-electron chi connectivity index (χ2n) is 6.18. The van der Waals surface area contributed by atoms with Crippen LogP contribution < -0.4 is 10.6 Å². The molecule has 2 saturated carbocycles. The molecule has 2 aromatic rings. The Hall–Kier alpha value is -2.02. The van der Waals surface area contributed by atoms with Crippen LogP contribution in [0.5, 0.6) is 0 Å². The van der Waals surface area contributed by atoms with Gasteiger partial charge in [0.2, 0.25) is 0 Å². The molecule has 0 amide bonds. The summed E-state index contributed by atoms with van der Waals surface area (Å²) in [6.07, 6.45) is 6.97. The standard InChI is InChI=1S/C15H18N6S/c22-15(18-14-8-10-1-2-11(14)7-10)17-12-3-5-13(6-4-12)21-9-16-19-20-21/h3-6,9-11,14H,1-2,7-8H2,(H2,17,18,22)/t10-,11+,14+/m1/s1. The van der Waals surface area contributed by atoms with Crippen molar-refractivity contribution >= 4 is 23.0 Å². The molecule has 6 nitrogen and oxygen atoms in total. The van der Waals surface area contributed by atoms with Crippen LogP contribution in [-0.2, 0) is 0 Å². The fourth-order valence-corrected chi connectivity index (χ4v) is 4.00. The number of benzene rings is 1. The first-order chi connectivity index (χ1) is 10.8. The number of rotatable bonds is 3. The van der Waals surface area contributed by atoms with Gasteiger partial charge in [0.25, 0.3) is 0 Å². The van der Waals surface area contributed by atoms with Crippen LogP contribution in [0.15, 0.2) is 30.6 Å². The van der Waals surface area contributed by atoms with Crippen LogP contribution in [-0.4, -0.2) is 31.4 Å². The predicted molar refractivity (Wildman–Crippen MR) is 87.7 cm³/mol. The Balaban J connectivity index is 1.35. The summed E-state index contributed by atoms with van der Waals surface area (Å²) in [4.78, 5) is 0. The van der Waals surface area contributed by atoms with Gasteiger partial charge >= 0.3 is 0 Å². The minimum absolute atomic E-state index is 0.555. The summed E-state index contributed by atoms with van der Waals surface area (Å²) < 4.78 is 1.62. The average molecular weight is 314 g/mol. The maximum atomic E-state index is 5.44. The zero-order valence-corrected chi connectivity index (χ0v) is 13.0. The molecule has 0 saturated heterocycles. The monoisotopic (exact) mass is 314 g/mol. The van der Waals surface area contributed by atoms with Gasteiger partial charge in [0, 0.05) is 11.7 Å². The Bertz CT molecular complexity index is 653. The van der Waals surface area contributed by atoms with E-state index >= 15 is 0 Å². The van der Waals surface area contributed by atoms with E-state index in [2.05, 4.69) is 26.2 Å². The maximum absolute atomic E-state index is 5.44. The summed E-state index contributed by atoms with van der Waals surface area (Å²) in [6.45, 7) is 0. The quantitative estimate of drug-likeness (QED) is 0.846. The van der Waals surface area contributed by atoms with Gasteiger partial charge in [-0.1, -0.05) is 6.42 Å². The highest BCUT2D eigenvalue weighted by molar-refractivity contribution is 7.80. The van der Waals surface area contributed by atoms with E-state index in [0.717, 1.165) is 23.2 Å². The molecule has 1 aromatic heterocycles. The molecule has 1 heterocycles. The lowest BCUT2D eigenvalue weighted by Gasteiger charge is -2.24. The molecule has 0 unspecified atom stereocenters. The van der Waals surface area contributed by atoms with Crippen molar-refractivity contribution < 1.29 is 0 Å². The van der Waals surface area contributed by atoms with Crippen molar-refractivity contribution in [1.82, 2.24) is 25.5 Å². The number of nitrogens with zero attached hydrogens (tertiary/aromatic N) is 4. The molecule has 2 fully saturated rings. The second kappa shape index (κ2) is 5.64. The van der Waals surface area contributed by atoms with E-state index in [1.165, 1.54) is 25.7 Å². The topological polar surface area (TPSA) is 67.7 Å². The smallest absolute Gasteiger partial charge is 0.171 e. The van der Waals surface area contributed by atoms with E-state index < -0.39 is 0 Å². The molecule has 0 spiro atoms. The zero-order valence-electron chi connectivity index (χ0n) is 12.1. The number of hydrogen-bond donors (Lipinski definition) is 2. The van der Waals surface area contributed by atoms with Crippen LogP contribution in [0.4, 0.5) is 5.69 Å². The molecule has 4 rings (SSSR count). The lowest BCUT2D eigenvalue weighted by atomic mass is 9.96. The largest absolute Gasteiger partial charge is 0.359 e. The maximum Gasteiger partial charge on any atom is 0.171 e. The fraction of sp³-hybridized carbons (Fsp3) is 0.467. The molecular formula is C15H18N6S. The number of nitrogens with one attached hydrogen (secondary N) is 2.